The maximum atomic E-state index is 12.7. The molecule has 2 aromatic rings. The second-order valence-electron chi connectivity index (χ2n) is 7.01. The van der Waals surface area contributed by atoms with Gasteiger partial charge >= 0.3 is 5.97 Å². The Labute approximate surface area is 147 Å². The number of aryl methyl sites for hydroxylation is 1. The lowest BCUT2D eigenvalue weighted by atomic mass is 9.83. The number of carboxylic acids is 1. The van der Waals surface area contributed by atoms with Gasteiger partial charge in [-0.3, -0.25) is 4.79 Å². The molecule has 1 aliphatic rings. The number of benzene rings is 1. The van der Waals surface area contributed by atoms with Crippen LogP contribution in [0.15, 0.2) is 48.7 Å². The lowest BCUT2D eigenvalue weighted by Gasteiger charge is -2.24. The van der Waals surface area contributed by atoms with Crippen molar-refractivity contribution < 1.29 is 14.7 Å². The number of hydrogen-bond acceptors (Lipinski definition) is 3. The van der Waals surface area contributed by atoms with Gasteiger partial charge in [0.25, 0.3) is 5.91 Å². The highest BCUT2D eigenvalue weighted by Crippen LogP contribution is 2.35. The number of carbonyl (C=O) groups excluding carboxylic acids is 1. The van der Waals surface area contributed by atoms with Crippen molar-refractivity contribution in [3.05, 3.63) is 65.5 Å². The highest BCUT2D eigenvalue weighted by Gasteiger charge is 2.36. The van der Waals surface area contributed by atoms with E-state index in [2.05, 4.69) is 24.0 Å². The van der Waals surface area contributed by atoms with Crippen molar-refractivity contribution in [3.63, 3.8) is 0 Å². The van der Waals surface area contributed by atoms with Crippen molar-refractivity contribution in [2.24, 2.45) is 5.41 Å². The molecule has 25 heavy (non-hydrogen) atoms. The maximum absolute atomic E-state index is 12.7. The molecule has 0 aliphatic carbocycles. The first-order chi connectivity index (χ1) is 12.0. The van der Waals surface area contributed by atoms with Crippen molar-refractivity contribution in [2.45, 2.75) is 26.2 Å². The topological polar surface area (TPSA) is 70.5 Å². The van der Waals surface area contributed by atoms with Gasteiger partial charge < -0.3 is 10.0 Å². The van der Waals surface area contributed by atoms with Gasteiger partial charge in [-0.1, -0.05) is 37.3 Å². The lowest BCUT2D eigenvalue weighted by molar-refractivity contribution is 0.0690. The fraction of sp³-hybridized carbons (Fsp3) is 0.350. The molecule has 3 rings (SSSR count). The molecule has 1 aliphatic heterocycles. The number of carboxylic acid groups (broad SMARTS) is 1. The third-order valence-electron chi connectivity index (χ3n) is 4.93. The molecule has 5 nitrogen and oxygen atoms in total. The molecule has 0 radical (unpaired) electrons. The predicted octanol–water partition coefficient (Wildman–Crippen LogP) is 3.26. The second kappa shape index (κ2) is 7.05. The van der Waals surface area contributed by atoms with Gasteiger partial charge in [0, 0.05) is 24.8 Å². The Kier molecular flexibility index (Phi) is 4.83. The minimum absolute atomic E-state index is 0.0914. The molecule has 0 saturated carbocycles. The van der Waals surface area contributed by atoms with Crippen molar-refractivity contribution >= 4 is 11.9 Å². The minimum Gasteiger partial charge on any atom is -0.477 e. The summed E-state index contributed by atoms with van der Waals surface area (Å²) in [5, 5.41) is 9.03. The number of nitrogens with zero attached hydrogens (tertiary/aromatic N) is 2. The van der Waals surface area contributed by atoms with Crippen LogP contribution in [0.4, 0.5) is 0 Å². The van der Waals surface area contributed by atoms with Crippen LogP contribution in [0.1, 0.15) is 46.2 Å². The Balaban J connectivity index is 1.64. The van der Waals surface area contributed by atoms with Crippen LogP contribution in [0.5, 0.6) is 0 Å². The molecule has 1 atom stereocenters. The number of rotatable bonds is 5. The number of pyridine rings is 1. The SMILES string of the molecule is CC1(CCc2ccccc2)CCN(C(=O)c2ccnc(C(=O)O)c2)C1. The Hall–Kier alpha value is -2.69. The number of hydrogen-bond donors (Lipinski definition) is 1. The molecule has 0 bridgehead atoms. The van der Waals surface area contributed by atoms with Gasteiger partial charge in [0.1, 0.15) is 5.69 Å². The minimum atomic E-state index is -1.12. The van der Waals surface area contributed by atoms with Crippen LogP contribution in [0, 0.1) is 5.41 Å². The first kappa shape index (κ1) is 17.1. The summed E-state index contributed by atoms with van der Waals surface area (Å²) in [6.45, 7) is 3.62. The number of aromatic carboxylic acids is 1. The van der Waals surface area contributed by atoms with E-state index in [1.54, 1.807) is 6.07 Å². The van der Waals surface area contributed by atoms with Gasteiger partial charge in [-0.05, 0) is 42.4 Å². The van der Waals surface area contributed by atoms with Gasteiger partial charge in [0.2, 0.25) is 0 Å². The van der Waals surface area contributed by atoms with Gasteiger partial charge in [0.05, 0.1) is 0 Å². The molecule has 1 N–H and O–H groups in total. The summed E-state index contributed by atoms with van der Waals surface area (Å²) in [4.78, 5) is 29.3. The van der Waals surface area contributed by atoms with Crippen LogP contribution < -0.4 is 0 Å². The zero-order valence-corrected chi connectivity index (χ0v) is 14.3. The van der Waals surface area contributed by atoms with E-state index in [9.17, 15) is 9.59 Å². The molecule has 5 heteroatoms. The zero-order valence-electron chi connectivity index (χ0n) is 14.3. The van der Waals surface area contributed by atoms with Crippen LogP contribution in [0.25, 0.3) is 0 Å². The van der Waals surface area contributed by atoms with E-state index in [-0.39, 0.29) is 17.0 Å². The molecule has 0 spiro atoms. The number of aromatic nitrogens is 1. The number of carbonyl (C=O) groups is 2. The van der Waals surface area contributed by atoms with Crippen LogP contribution in [-0.2, 0) is 6.42 Å². The summed E-state index contributed by atoms with van der Waals surface area (Å²) in [7, 11) is 0. The summed E-state index contributed by atoms with van der Waals surface area (Å²) in [5.74, 6) is -1.24. The third kappa shape index (κ3) is 4.05. The van der Waals surface area contributed by atoms with E-state index >= 15 is 0 Å². The summed E-state index contributed by atoms with van der Waals surface area (Å²) >= 11 is 0. The molecule has 1 amide bonds. The molecular formula is C20H22N2O3. The van der Waals surface area contributed by atoms with Crippen LogP contribution in [0.3, 0.4) is 0 Å². The fourth-order valence-corrected chi connectivity index (χ4v) is 3.36. The summed E-state index contributed by atoms with van der Waals surface area (Å²) in [6.07, 6.45) is 4.36. The van der Waals surface area contributed by atoms with Crippen LogP contribution in [0.2, 0.25) is 0 Å². The first-order valence-corrected chi connectivity index (χ1v) is 8.49. The largest absolute Gasteiger partial charge is 0.477 e. The van der Waals surface area contributed by atoms with Gasteiger partial charge in [-0.25, -0.2) is 9.78 Å². The predicted molar refractivity (Wildman–Crippen MR) is 94.6 cm³/mol. The maximum Gasteiger partial charge on any atom is 0.354 e. The molecule has 2 heterocycles. The van der Waals surface area contributed by atoms with E-state index in [1.807, 2.05) is 23.1 Å². The normalized spacial score (nSPS) is 19.8. The standard InChI is InChI=1S/C20H22N2O3/c1-20(9-7-15-5-3-2-4-6-15)10-12-22(14-20)18(23)16-8-11-21-17(13-16)19(24)25/h2-6,8,11,13H,7,9-10,12,14H2,1H3,(H,24,25). The highest BCUT2D eigenvalue weighted by molar-refractivity contribution is 5.96. The van der Waals surface area contributed by atoms with E-state index in [1.165, 1.54) is 17.8 Å². The molecule has 1 saturated heterocycles. The van der Waals surface area contributed by atoms with E-state index < -0.39 is 5.97 Å². The second-order valence-corrected chi connectivity index (χ2v) is 7.01. The number of likely N-dealkylation sites (tertiary alicyclic amines) is 1. The molecule has 1 aromatic carbocycles. The van der Waals surface area contributed by atoms with Crippen molar-refractivity contribution in [1.29, 1.82) is 0 Å². The quantitative estimate of drug-likeness (QED) is 0.908. The Morgan fingerprint density at radius 2 is 2.00 bits per heavy atom. The van der Waals surface area contributed by atoms with Crippen LogP contribution in [-0.4, -0.2) is 40.0 Å². The monoisotopic (exact) mass is 338 g/mol. The fourth-order valence-electron chi connectivity index (χ4n) is 3.36. The zero-order chi connectivity index (χ0) is 17.9. The van der Waals surface area contributed by atoms with E-state index in [0.29, 0.717) is 18.7 Å². The Bertz CT molecular complexity index is 776. The molecule has 1 unspecified atom stereocenters. The third-order valence-corrected chi connectivity index (χ3v) is 4.93. The van der Waals surface area contributed by atoms with Gasteiger partial charge in [-0.2, -0.15) is 0 Å². The highest BCUT2D eigenvalue weighted by atomic mass is 16.4. The first-order valence-electron chi connectivity index (χ1n) is 8.49. The molecular weight excluding hydrogens is 316 g/mol. The summed E-state index contributed by atoms with van der Waals surface area (Å²) in [5.41, 5.74) is 1.69. The van der Waals surface area contributed by atoms with E-state index in [4.69, 9.17) is 5.11 Å². The molecule has 130 valence electrons. The van der Waals surface area contributed by atoms with Crippen LogP contribution >= 0.6 is 0 Å². The Morgan fingerprint density at radius 3 is 2.72 bits per heavy atom. The van der Waals surface area contributed by atoms with Gasteiger partial charge in [0.15, 0.2) is 0 Å². The summed E-state index contributed by atoms with van der Waals surface area (Å²) in [6, 6.07) is 13.3. The van der Waals surface area contributed by atoms with Crippen molar-refractivity contribution in [1.82, 2.24) is 9.88 Å². The lowest BCUT2D eigenvalue weighted by Crippen LogP contribution is -2.31. The Morgan fingerprint density at radius 1 is 1.24 bits per heavy atom. The molecule has 1 fully saturated rings. The summed E-state index contributed by atoms with van der Waals surface area (Å²) < 4.78 is 0. The molecule has 1 aromatic heterocycles. The average molecular weight is 338 g/mol. The van der Waals surface area contributed by atoms with E-state index in [0.717, 1.165) is 19.3 Å². The number of amides is 1. The van der Waals surface area contributed by atoms with Crippen molar-refractivity contribution in [2.75, 3.05) is 13.1 Å². The van der Waals surface area contributed by atoms with Gasteiger partial charge in [-0.15, -0.1) is 0 Å². The smallest absolute Gasteiger partial charge is 0.354 e. The average Bonchev–Trinajstić information content (AvgIpc) is 3.03. The van der Waals surface area contributed by atoms with Crippen molar-refractivity contribution in [3.8, 4) is 0 Å².